The Balaban J connectivity index is 1.56. The van der Waals surface area contributed by atoms with Gasteiger partial charge in [-0.05, 0) is 31.0 Å². The number of halogens is 1. The number of carbonyl (C=O) groups is 3. The number of likely N-dealkylation sites (tertiary alicyclic amines) is 1. The summed E-state index contributed by atoms with van der Waals surface area (Å²) >= 11 is 5.44. The summed E-state index contributed by atoms with van der Waals surface area (Å²) in [6, 6.07) is 17.7. The van der Waals surface area contributed by atoms with E-state index in [1.165, 1.54) is 0 Å². The molecule has 3 heterocycles. The van der Waals surface area contributed by atoms with Crippen LogP contribution in [0.3, 0.4) is 0 Å². The zero-order chi connectivity index (χ0) is 29.3. The fourth-order valence-electron chi connectivity index (χ4n) is 6.80. The fourth-order valence-corrected chi connectivity index (χ4v) is 10.4. The Hall–Kier alpha value is -2.88. The van der Waals surface area contributed by atoms with Crippen LogP contribution in [-0.4, -0.2) is 79.2 Å². The van der Waals surface area contributed by atoms with Crippen molar-refractivity contribution in [3.8, 4) is 0 Å². The molecule has 216 valence electrons. The number of para-hydroxylation sites is 1. The molecule has 2 bridgehead atoms. The van der Waals surface area contributed by atoms with E-state index in [1.807, 2.05) is 60.7 Å². The SMILES string of the molecule is C=CCN(Cc1ccccc1)C(=O)C1N([C@H](C)CO)C(=O)[C@@H]2[C@@H](C(=O)N(CC=C)c3ccccc3)[C@@H]3SC12CC3Br. The molecule has 2 aromatic rings. The first-order valence-electron chi connectivity index (χ1n) is 13.9. The molecule has 3 unspecified atom stereocenters. The Bertz CT molecular complexity index is 1310. The van der Waals surface area contributed by atoms with Gasteiger partial charge in [-0.3, -0.25) is 14.4 Å². The third-order valence-corrected chi connectivity index (χ3v) is 11.7. The summed E-state index contributed by atoms with van der Waals surface area (Å²) in [5.41, 5.74) is 1.71. The molecule has 9 heteroatoms. The number of alkyl halides is 1. The van der Waals surface area contributed by atoms with Gasteiger partial charge in [-0.1, -0.05) is 76.6 Å². The molecule has 3 amide bonds. The molecule has 41 heavy (non-hydrogen) atoms. The predicted octanol–water partition coefficient (Wildman–Crippen LogP) is 4.27. The highest BCUT2D eigenvalue weighted by Gasteiger charge is 2.76. The minimum atomic E-state index is -0.816. The summed E-state index contributed by atoms with van der Waals surface area (Å²) in [4.78, 5) is 48.2. The summed E-state index contributed by atoms with van der Waals surface area (Å²) in [7, 11) is 0. The number of rotatable bonds is 11. The minimum absolute atomic E-state index is 0.0477. The van der Waals surface area contributed by atoms with Gasteiger partial charge in [0.25, 0.3) is 0 Å². The fraction of sp³-hybridized carbons (Fsp3) is 0.406. The van der Waals surface area contributed by atoms with Crippen LogP contribution in [0.1, 0.15) is 18.9 Å². The highest BCUT2D eigenvalue weighted by Crippen LogP contribution is 2.68. The van der Waals surface area contributed by atoms with Gasteiger partial charge in [0.2, 0.25) is 17.7 Å². The molecule has 0 saturated carbocycles. The van der Waals surface area contributed by atoms with Crippen LogP contribution in [0.15, 0.2) is 86.0 Å². The molecule has 1 N–H and O–H groups in total. The van der Waals surface area contributed by atoms with E-state index in [0.29, 0.717) is 26.1 Å². The monoisotopic (exact) mass is 637 g/mol. The predicted molar refractivity (Wildman–Crippen MR) is 167 cm³/mol. The van der Waals surface area contributed by atoms with Crippen molar-refractivity contribution >= 4 is 51.1 Å². The lowest BCUT2D eigenvalue weighted by molar-refractivity contribution is -0.145. The van der Waals surface area contributed by atoms with Gasteiger partial charge in [0, 0.05) is 35.4 Å². The van der Waals surface area contributed by atoms with Crippen LogP contribution in [0.4, 0.5) is 5.69 Å². The minimum Gasteiger partial charge on any atom is -0.394 e. The standard InChI is InChI=1S/C32H36BrN3O4S/c1-4-16-34(19-22-12-8-6-9-13-22)31(40)28-32-18-24(33)27(41-32)25(26(32)30(39)36(28)21(3)20-37)29(38)35(17-5-2)23-14-10-7-11-15-23/h4-15,21,24-28,37H,1-2,16-20H2,3H3/t21-,24?,25-,26+,27-,28?,32?/m1/s1. The number of aliphatic hydroxyl groups is 1. The van der Waals surface area contributed by atoms with Gasteiger partial charge < -0.3 is 19.8 Å². The van der Waals surface area contributed by atoms with Crippen LogP contribution >= 0.6 is 27.7 Å². The molecule has 5 rings (SSSR count). The van der Waals surface area contributed by atoms with Gasteiger partial charge in [-0.25, -0.2) is 0 Å². The lowest BCUT2D eigenvalue weighted by Gasteiger charge is -2.39. The van der Waals surface area contributed by atoms with E-state index in [1.54, 1.807) is 45.5 Å². The Labute approximate surface area is 254 Å². The highest BCUT2D eigenvalue weighted by molar-refractivity contribution is 9.09. The third kappa shape index (κ3) is 5.06. The molecule has 0 aliphatic carbocycles. The number of anilines is 1. The molecule has 0 radical (unpaired) electrons. The van der Waals surface area contributed by atoms with Crippen LogP contribution in [0.25, 0.3) is 0 Å². The second-order valence-electron chi connectivity index (χ2n) is 11.0. The van der Waals surface area contributed by atoms with Crippen molar-refractivity contribution in [2.24, 2.45) is 11.8 Å². The van der Waals surface area contributed by atoms with Crippen molar-refractivity contribution in [1.29, 1.82) is 0 Å². The van der Waals surface area contributed by atoms with Gasteiger partial charge in [-0.2, -0.15) is 0 Å². The maximum atomic E-state index is 14.5. The lowest BCUT2D eigenvalue weighted by atomic mass is 9.70. The van der Waals surface area contributed by atoms with Crippen molar-refractivity contribution in [3.05, 3.63) is 91.5 Å². The number of fused-ring (bicyclic) bond motifs is 1. The van der Waals surface area contributed by atoms with E-state index < -0.39 is 28.7 Å². The van der Waals surface area contributed by atoms with E-state index >= 15 is 0 Å². The topological polar surface area (TPSA) is 81.2 Å². The number of thioether (sulfide) groups is 1. The van der Waals surface area contributed by atoms with E-state index in [4.69, 9.17) is 0 Å². The van der Waals surface area contributed by atoms with Crippen LogP contribution in [0.5, 0.6) is 0 Å². The first kappa shape index (κ1) is 29.6. The van der Waals surface area contributed by atoms with Gasteiger partial charge in [-0.15, -0.1) is 24.9 Å². The summed E-state index contributed by atoms with van der Waals surface area (Å²) < 4.78 is -0.802. The summed E-state index contributed by atoms with van der Waals surface area (Å²) in [5, 5.41) is 10.0. The second-order valence-corrected chi connectivity index (χ2v) is 13.7. The van der Waals surface area contributed by atoms with Gasteiger partial charge >= 0.3 is 0 Å². The Morgan fingerprint density at radius 3 is 2.34 bits per heavy atom. The van der Waals surface area contributed by atoms with Crippen LogP contribution in [0, 0.1) is 11.8 Å². The third-order valence-electron chi connectivity index (χ3n) is 8.51. The van der Waals surface area contributed by atoms with Crippen molar-refractivity contribution in [1.82, 2.24) is 9.80 Å². The van der Waals surface area contributed by atoms with Gasteiger partial charge in [0.1, 0.15) is 6.04 Å². The molecule has 0 aromatic heterocycles. The quantitative estimate of drug-likeness (QED) is 0.294. The summed E-state index contributed by atoms with van der Waals surface area (Å²) in [6.45, 7) is 10.2. The van der Waals surface area contributed by atoms with Crippen LogP contribution in [0.2, 0.25) is 0 Å². The maximum absolute atomic E-state index is 14.5. The molecule has 7 nitrogen and oxygen atoms in total. The van der Waals surface area contributed by atoms with Crippen molar-refractivity contribution in [3.63, 3.8) is 0 Å². The summed E-state index contributed by atoms with van der Waals surface area (Å²) in [6.07, 6.45) is 3.96. The van der Waals surface area contributed by atoms with E-state index in [-0.39, 0.29) is 34.4 Å². The molecule has 3 aliphatic heterocycles. The van der Waals surface area contributed by atoms with Crippen molar-refractivity contribution < 1.29 is 19.5 Å². The number of aliphatic hydroxyl groups excluding tert-OH is 1. The number of hydrogen-bond acceptors (Lipinski definition) is 5. The van der Waals surface area contributed by atoms with E-state index in [0.717, 1.165) is 11.3 Å². The zero-order valence-corrected chi connectivity index (χ0v) is 25.5. The van der Waals surface area contributed by atoms with Gasteiger partial charge in [0.15, 0.2) is 0 Å². The largest absolute Gasteiger partial charge is 0.394 e. The molecular formula is C32H36BrN3O4S. The average molecular weight is 639 g/mol. The molecule has 3 saturated heterocycles. The lowest BCUT2D eigenvalue weighted by Crippen LogP contribution is -2.57. The Kier molecular flexibility index (Phi) is 8.78. The second kappa shape index (κ2) is 12.2. The smallest absolute Gasteiger partial charge is 0.247 e. The first-order chi connectivity index (χ1) is 19.8. The Morgan fingerprint density at radius 1 is 1.10 bits per heavy atom. The number of amides is 3. The average Bonchev–Trinajstić information content (AvgIpc) is 3.58. The maximum Gasteiger partial charge on any atom is 0.247 e. The number of carbonyl (C=O) groups excluding carboxylic acids is 3. The molecule has 1 spiro atoms. The van der Waals surface area contributed by atoms with Crippen molar-refractivity contribution in [2.75, 3.05) is 24.6 Å². The first-order valence-corrected chi connectivity index (χ1v) is 15.7. The van der Waals surface area contributed by atoms with Gasteiger partial charge in [0.05, 0.1) is 29.2 Å². The Morgan fingerprint density at radius 2 is 1.73 bits per heavy atom. The van der Waals surface area contributed by atoms with Crippen LogP contribution in [-0.2, 0) is 20.9 Å². The number of nitrogens with zero attached hydrogens (tertiary/aromatic N) is 3. The highest BCUT2D eigenvalue weighted by atomic mass is 79.9. The number of benzene rings is 2. The van der Waals surface area contributed by atoms with Crippen molar-refractivity contribution in [2.45, 2.75) is 46.8 Å². The molecular weight excluding hydrogens is 602 g/mol. The molecule has 3 fully saturated rings. The van der Waals surface area contributed by atoms with E-state index in [9.17, 15) is 19.5 Å². The zero-order valence-electron chi connectivity index (χ0n) is 23.1. The molecule has 3 aliphatic rings. The normalized spacial score (nSPS) is 28.7. The molecule has 2 aromatic carbocycles. The van der Waals surface area contributed by atoms with E-state index in [2.05, 4.69) is 29.1 Å². The molecule has 7 atom stereocenters. The summed E-state index contributed by atoms with van der Waals surface area (Å²) in [5.74, 6) is -1.87. The number of hydrogen-bond donors (Lipinski definition) is 1. The van der Waals surface area contributed by atoms with Crippen LogP contribution < -0.4 is 4.90 Å².